The lowest BCUT2D eigenvalue weighted by atomic mass is 10.0. The van der Waals surface area contributed by atoms with Gasteiger partial charge in [-0.05, 0) is 55.9 Å². The smallest absolute Gasteiger partial charge is 0.263 e. The Bertz CT molecular complexity index is 536. The van der Waals surface area contributed by atoms with Crippen molar-refractivity contribution in [2.45, 2.75) is 46.4 Å². The summed E-state index contributed by atoms with van der Waals surface area (Å²) in [6.07, 6.45) is 0. The monoisotopic (exact) mass is 285 g/mol. The van der Waals surface area contributed by atoms with E-state index in [1.165, 1.54) is 0 Å². The highest BCUT2D eigenvalue weighted by Crippen LogP contribution is 2.25. The van der Waals surface area contributed by atoms with Crippen LogP contribution in [0.4, 0.5) is 0 Å². The quantitative estimate of drug-likeness (QED) is 0.846. The highest BCUT2D eigenvalue weighted by Gasteiger charge is 2.22. The lowest BCUT2D eigenvalue weighted by molar-refractivity contribution is 0.0718. The van der Waals surface area contributed by atoms with Crippen LogP contribution in [-0.2, 0) is 14.9 Å². The van der Waals surface area contributed by atoms with Crippen LogP contribution in [0, 0.1) is 33.6 Å². The molecular weight excluding hydrogens is 262 g/mol. The van der Waals surface area contributed by atoms with Crippen LogP contribution in [0.15, 0.2) is 11.0 Å². The highest BCUT2D eigenvalue weighted by atomic mass is 32.2. The van der Waals surface area contributed by atoms with Gasteiger partial charge in [0, 0.05) is 0 Å². The fraction of sp³-hybridized carbons (Fsp3) is 0.571. The van der Waals surface area contributed by atoms with Crippen molar-refractivity contribution >= 4 is 10.0 Å². The minimum atomic E-state index is -3.63. The predicted octanol–water partition coefficient (Wildman–Crippen LogP) is 2.79. The Labute approximate surface area is 116 Å². The van der Waals surface area contributed by atoms with Crippen LogP contribution in [0.1, 0.15) is 36.1 Å². The van der Waals surface area contributed by atoms with E-state index >= 15 is 0 Å². The SMILES string of the molecule is Cc1cc(C)c(C)c(S(=O)(=O)NOCC(C)C)c1C. The van der Waals surface area contributed by atoms with Crippen LogP contribution in [-0.4, -0.2) is 15.0 Å². The van der Waals surface area contributed by atoms with E-state index in [2.05, 4.69) is 4.89 Å². The third-order valence-electron chi connectivity index (χ3n) is 3.15. The second-order valence-corrected chi connectivity index (χ2v) is 6.96. The Kier molecular flexibility index (Phi) is 5.12. The first kappa shape index (κ1) is 16.1. The van der Waals surface area contributed by atoms with Gasteiger partial charge in [0.1, 0.15) is 0 Å². The molecule has 0 aliphatic heterocycles. The fourth-order valence-electron chi connectivity index (χ4n) is 1.90. The van der Waals surface area contributed by atoms with Crippen LogP contribution in [0.5, 0.6) is 0 Å². The molecule has 0 aliphatic carbocycles. The Balaban J connectivity index is 3.15. The van der Waals surface area contributed by atoms with Gasteiger partial charge in [0.05, 0.1) is 11.5 Å². The molecule has 0 aromatic heterocycles. The minimum Gasteiger partial charge on any atom is -0.287 e. The molecule has 0 saturated heterocycles. The Morgan fingerprint density at radius 3 is 2.00 bits per heavy atom. The van der Waals surface area contributed by atoms with Gasteiger partial charge in [-0.15, -0.1) is 0 Å². The first-order valence-corrected chi connectivity index (χ1v) is 7.86. The normalized spacial score (nSPS) is 12.2. The van der Waals surface area contributed by atoms with Crippen molar-refractivity contribution in [1.29, 1.82) is 0 Å². The summed E-state index contributed by atoms with van der Waals surface area (Å²) >= 11 is 0. The van der Waals surface area contributed by atoms with E-state index < -0.39 is 10.0 Å². The molecule has 0 saturated carbocycles. The van der Waals surface area contributed by atoms with E-state index in [0.717, 1.165) is 22.3 Å². The van der Waals surface area contributed by atoms with Crippen LogP contribution < -0.4 is 4.89 Å². The molecule has 1 rings (SSSR count). The first-order valence-electron chi connectivity index (χ1n) is 6.37. The summed E-state index contributed by atoms with van der Waals surface area (Å²) in [5.41, 5.74) is 3.46. The van der Waals surface area contributed by atoms with Crippen molar-refractivity contribution in [3.8, 4) is 0 Å². The van der Waals surface area contributed by atoms with Crippen LogP contribution >= 0.6 is 0 Å². The topological polar surface area (TPSA) is 55.4 Å². The molecule has 0 unspecified atom stereocenters. The molecule has 0 fully saturated rings. The van der Waals surface area contributed by atoms with Crippen molar-refractivity contribution in [2.24, 2.45) is 5.92 Å². The second-order valence-electron chi connectivity index (χ2n) is 5.38. The molecule has 1 aromatic carbocycles. The molecule has 0 bridgehead atoms. The number of hydrogen-bond acceptors (Lipinski definition) is 3. The molecule has 0 aliphatic rings. The lowest BCUT2D eigenvalue weighted by Crippen LogP contribution is -2.27. The molecule has 4 nitrogen and oxygen atoms in total. The van der Waals surface area contributed by atoms with Crippen molar-refractivity contribution in [2.75, 3.05) is 6.61 Å². The molecule has 0 radical (unpaired) electrons. The minimum absolute atomic E-state index is 0.268. The number of sulfonamides is 1. The largest absolute Gasteiger partial charge is 0.287 e. The molecule has 0 atom stereocenters. The number of nitrogens with one attached hydrogen (secondary N) is 1. The molecule has 0 spiro atoms. The van der Waals surface area contributed by atoms with Crippen molar-refractivity contribution in [3.63, 3.8) is 0 Å². The van der Waals surface area contributed by atoms with Gasteiger partial charge in [-0.2, -0.15) is 0 Å². The molecular formula is C14H23NO3S. The molecule has 19 heavy (non-hydrogen) atoms. The summed E-state index contributed by atoms with van der Waals surface area (Å²) in [4.78, 5) is 7.61. The van der Waals surface area contributed by atoms with E-state index in [0.29, 0.717) is 11.5 Å². The summed E-state index contributed by atoms with van der Waals surface area (Å²) in [6.45, 7) is 11.7. The molecule has 0 amide bonds. The number of aryl methyl sites for hydroxylation is 2. The Morgan fingerprint density at radius 1 is 1.11 bits per heavy atom. The van der Waals surface area contributed by atoms with Crippen LogP contribution in [0.2, 0.25) is 0 Å². The number of rotatable bonds is 5. The summed E-state index contributed by atoms with van der Waals surface area (Å²) in [6, 6.07) is 2.00. The van der Waals surface area contributed by atoms with Gasteiger partial charge in [-0.25, -0.2) is 8.42 Å². The number of benzene rings is 1. The van der Waals surface area contributed by atoms with Crippen molar-refractivity contribution < 1.29 is 13.3 Å². The number of hydrogen-bond donors (Lipinski definition) is 1. The van der Waals surface area contributed by atoms with Gasteiger partial charge in [-0.1, -0.05) is 24.8 Å². The van der Waals surface area contributed by atoms with Crippen LogP contribution in [0.25, 0.3) is 0 Å². The molecule has 0 heterocycles. The fourth-order valence-corrected chi connectivity index (χ4v) is 3.34. The van der Waals surface area contributed by atoms with Gasteiger partial charge in [0.15, 0.2) is 0 Å². The Morgan fingerprint density at radius 2 is 1.58 bits per heavy atom. The molecule has 5 heteroatoms. The van der Waals surface area contributed by atoms with Gasteiger partial charge in [0.2, 0.25) is 0 Å². The van der Waals surface area contributed by atoms with Crippen LogP contribution in [0.3, 0.4) is 0 Å². The van der Waals surface area contributed by atoms with E-state index in [1.54, 1.807) is 0 Å². The maximum atomic E-state index is 12.3. The van der Waals surface area contributed by atoms with Crippen molar-refractivity contribution in [3.05, 3.63) is 28.3 Å². The Hall–Kier alpha value is -0.910. The maximum absolute atomic E-state index is 12.3. The van der Waals surface area contributed by atoms with E-state index in [4.69, 9.17) is 4.84 Å². The maximum Gasteiger partial charge on any atom is 0.263 e. The van der Waals surface area contributed by atoms with E-state index in [1.807, 2.05) is 47.6 Å². The third kappa shape index (κ3) is 3.78. The standard InChI is InChI=1S/C14H23NO3S/c1-9(2)8-18-15-19(16,17)14-12(5)10(3)7-11(4)13(14)6/h7,9,15H,8H2,1-6H3. The summed E-state index contributed by atoms with van der Waals surface area (Å²) in [7, 11) is -3.63. The zero-order chi connectivity index (χ0) is 14.8. The summed E-state index contributed by atoms with van der Waals surface area (Å²) in [5.74, 6) is 0.268. The summed E-state index contributed by atoms with van der Waals surface area (Å²) < 4.78 is 24.6. The van der Waals surface area contributed by atoms with Gasteiger partial charge < -0.3 is 0 Å². The molecule has 1 aromatic rings. The van der Waals surface area contributed by atoms with E-state index in [9.17, 15) is 8.42 Å². The predicted molar refractivity (Wildman–Crippen MR) is 76.5 cm³/mol. The first-order chi connectivity index (χ1) is 8.66. The lowest BCUT2D eigenvalue weighted by Gasteiger charge is -2.16. The summed E-state index contributed by atoms with van der Waals surface area (Å²) in [5, 5.41) is 0. The van der Waals surface area contributed by atoms with E-state index in [-0.39, 0.29) is 5.92 Å². The highest BCUT2D eigenvalue weighted by molar-refractivity contribution is 7.89. The van der Waals surface area contributed by atoms with Crippen molar-refractivity contribution in [1.82, 2.24) is 4.89 Å². The zero-order valence-electron chi connectivity index (χ0n) is 12.5. The average molecular weight is 285 g/mol. The van der Waals surface area contributed by atoms with Gasteiger partial charge in [0.25, 0.3) is 10.0 Å². The average Bonchev–Trinajstić information content (AvgIpc) is 2.25. The van der Waals surface area contributed by atoms with Gasteiger partial charge >= 0.3 is 0 Å². The third-order valence-corrected chi connectivity index (χ3v) is 4.64. The van der Waals surface area contributed by atoms with Gasteiger partial charge in [-0.3, -0.25) is 4.84 Å². The molecule has 1 N–H and O–H groups in total. The molecule has 108 valence electrons. The zero-order valence-corrected chi connectivity index (χ0v) is 13.3. The second kappa shape index (κ2) is 6.03.